The molecule has 1 aromatic rings. The number of carbonyl (C=O) groups is 1. The summed E-state index contributed by atoms with van der Waals surface area (Å²) < 4.78 is 28.5. The molecule has 0 bridgehead atoms. The molecular formula is C10H18N4O4S. The van der Waals surface area contributed by atoms with E-state index in [1.54, 1.807) is 20.8 Å². The van der Waals surface area contributed by atoms with Crippen LogP contribution in [0, 0.1) is 0 Å². The lowest BCUT2D eigenvalue weighted by Gasteiger charge is -2.19. The molecule has 1 amide bonds. The van der Waals surface area contributed by atoms with Crippen molar-refractivity contribution in [3.05, 3.63) is 12.4 Å². The van der Waals surface area contributed by atoms with Gasteiger partial charge in [0.05, 0.1) is 12.7 Å². The summed E-state index contributed by atoms with van der Waals surface area (Å²) in [6, 6.07) is 0. The van der Waals surface area contributed by atoms with Crippen molar-refractivity contribution in [3.63, 3.8) is 0 Å². The van der Waals surface area contributed by atoms with E-state index in [9.17, 15) is 13.2 Å². The second-order valence-electron chi connectivity index (χ2n) is 4.91. The number of hydrogen-bond donors (Lipinski definition) is 2. The van der Waals surface area contributed by atoms with E-state index in [-0.39, 0.29) is 11.4 Å². The largest absolute Gasteiger partial charge is 0.444 e. The van der Waals surface area contributed by atoms with Crippen molar-refractivity contribution in [1.82, 2.24) is 15.1 Å². The van der Waals surface area contributed by atoms with Crippen molar-refractivity contribution in [2.45, 2.75) is 37.8 Å². The number of rotatable bonds is 4. The van der Waals surface area contributed by atoms with Gasteiger partial charge in [0.25, 0.3) is 0 Å². The maximum absolute atomic E-state index is 11.3. The van der Waals surface area contributed by atoms with Gasteiger partial charge < -0.3 is 10.1 Å². The molecule has 108 valence electrons. The Morgan fingerprint density at radius 2 is 2.16 bits per heavy atom. The molecule has 0 aliphatic rings. The minimum absolute atomic E-state index is 0.0650. The monoisotopic (exact) mass is 290 g/mol. The summed E-state index contributed by atoms with van der Waals surface area (Å²) in [5, 5.41) is 11.3. The van der Waals surface area contributed by atoms with E-state index in [0.29, 0.717) is 6.54 Å². The number of alkyl carbamates (subject to hydrolysis) is 1. The van der Waals surface area contributed by atoms with Crippen LogP contribution in [-0.2, 0) is 21.3 Å². The highest BCUT2D eigenvalue weighted by Crippen LogP contribution is 2.06. The summed E-state index contributed by atoms with van der Waals surface area (Å²) >= 11 is 0. The minimum Gasteiger partial charge on any atom is -0.444 e. The summed E-state index contributed by atoms with van der Waals surface area (Å²) in [5.74, 6) is 0. The fraction of sp³-hybridized carbons (Fsp3) is 0.600. The standard InChI is InChI=1S/C10H18N4O4S/c1-10(2,3)18-9(15)12-4-5-14-7-8(6-13-14)19(11,16)17/h6-7H,4-5H2,1-3H3,(H,12,15)(H2,11,16,17). The number of ether oxygens (including phenoxy) is 1. The average Bonchev–Trinajstić information content (AvgIpc) is 2.62. The Bertz CT molecular complexity index is 544. The van der Waals surface area contributed by atoms with Crippen molar-refractivity contribution < 1.29 is 17.9 Å². The van der Waals surface area contributed by atoms with Gasteiger partial charge in [0.1, 0.15) is 10.5 Å². The molecule has 0 aliphatic heterocycles. The van der Waals surface area contributed by atoms with Gasteiger partial charge in [-0.2, -0.15) is 5.10 Å². The Hall–Kier alpha value is -1.61. The number of hydrogen-bond acceptors (Lipinski definition) is 5. The molecule has 0 fully saturated rings. The molecule has 0 aromatic carbocycles. The van der Waals surface area contributed by atoms with Crippen LogP contribution in [0.1, 0.15) is 20.8 Å². The predicted molar refractivity (Wildman–Crippen MR) is 67.8 cm³/mol. The molecule has 3 N–H and O–H groups in total. The van der Waals surface area contributed by atoms with E-state index in [1.165, 1.54) is 10.9 Å². The molecule has 1 rings (SSSR count). The van der Waals surface area contributed by atoms with Crippen LogP contribution in [0.4, 0.5) is 4.79 Å². The molecular weight excluding hydrogens is 272 g/mol. The third-order valence-corrected chi connectivity index (χ3v) is 2.82. The number of primary sulfonamides is 1. The number of aromatic nitrogens is 2. The summed E-state index contributed by atoms with van der Waals surface area (Å²) in [5.41, 5.74) is -0.559. The van der Waals surface area contributed by atoms with Crippen molar-refractivity contribution >= 4 is 16.1 Å². The highest BCUT2D eigenvalue weighted by molar-refractivity contribution is 7.89. The zero-order valence-corrected chi connectivity index (χ0v) is 11.9. The summed E-state index contributed by atoms with van der Waals surface area (Å²) in [4.78, 5) is 11.3. The third kappa shape index (κ3) is 5.71. The molecule has 1 aromatic heterocycles. The Balaban J connectivity index is 2.42. The van der Waals surface area contributed by atoms with Crippen molar-refractivity contribution in [3.8, 4) is 0 Å². The van der Waals surface area contributed by atoms with Crippen molar-refractivity contribution in [1.29, 1.82) is 0 Å². The number of carbonyl (C=O) groups excluding carboxylic acids is 1. The van der Waals surface area contributed by atoms with Crippen LogP contribution >= 0.6 is 0 Å². The molecule has 0 atom stereocenters. The molecule has 0 saturated heterocycles. The summed E-state index contributed by atoms with van der Waals surface area (Å²) in [7, 11) is -3.74. The molecule has 0 unspecified atom stereocenters. The van der Waals surface area contributed by atoms with Crippen LogP contribution in [-0.4, -0.2) is 36.4 Å². The first-order valence-electron chi connectivity index (χ1n) is 5.60. The lowest BCUT2D eigenvalue weighted by atomic mass is 10.2. The van der Waals surface area contributed by atoms with E-state index in [2.05, 4.69) is 10.4 Å². The lowest BCUT2D eigenvalue weighted by Crippen LogP contribution is -2.34. The molecule has 19 heavy (non-hydrogen) atoms. The number of nitrogens with zero attached hydrogens (tertiary/aromatic N) is 2. The van der Waals surface area contributed by atoms with Crippen LogP contribution < -0.4 is 10.5 Å². The molecule has 0 radical (unpaired) electrons. The zero-order chi connectivity index (χ0) is 14.7. The topological polar surface area (TPSA) is 116 Å². The quantitative estimate of drug-likeness (QED) is 0.813. The second-order valence-corrected chi connectivity index (χ2v) is 6.47. The van der Waals surface area contributed by atoms with Crippen LogP contribution in [0.25, 0.3) is 0 Å². The first-order valence-corrected chi connectivity index (χ1v) is 7.15. The Labute approximate surface area is 112 Å². The normalized spacial score (nSPS) is 12.2. The molecule has 1 heterocycles. The van der Waals surface area contributed by atoms with Gasteiger partial charge >= 0.3 is 6.09 Å². The van der Waals surface area contributed by atoms with Gasteiger partial charge in [0.2, 0.25) is 10.0 Å². The van der Waals surface area contributed by atoms with Gasteiger partial charge in [-0.15, -0.1) is 0 Å². The van der Waals surface area contributed by atoms with Gasteiger partial charge in [-0.05, 0) is 20.8 Å². The smallest absolute Gasteiger partial charge is 0.407 e. The number of nitrogens with two attached hydrogens (primary N) is 1. The van der Waals surface area contributed by atoms with E-state index in [1.807, 2.05) is 0 Å². The van der Waals surface area contributed by atoms with Crippen molar-refractivity contribution in [2.75, 3.05) is 6.54 Å². The Morgan fingerprint density at radius 3 is 2.63 bits per heavy atom. The highest BCUT2D eigenvalue weighted by atomic mass is 32.2. The van der Waals surface area contributed by atoms with E-state index in [0.717, 1.165) is 6.20 Å². The molecule has 8 nitrogen and oxygen atoms in total. The number of sulfonamides is 1. The molecule has 9 heteroatoms. The average molecular weight is 290 g/mol. The van der Waals surface area contributed by atoms with Crippen LogP contribution in [0.15, 0.2) is 17.3 Å². The number of nitrogens with one attached hydrogen (secondary N) is 1. The van der Waals surface area contributed by atoms with Gasteiger partial charge in [-0.1, -0.05) is 0 Å². The zero-order valence-electron chi connectivity index (χ0n) is 11.1. The van der Waals surface area contributed by atoms with Gasteiger partial charge in [-0.25, -0.2) is 18.4 Å². The van der Waals surface area contributed by atoms with Gasteiger partial charge in [0.15, 0.2) is 0 Å². The van der Waals surface area contributed by atoms with Gasteiger partial charge in [-0.3, -0.25) is 4.68 Å². The number of amides is 1. The van der Waals surface area contributed by atoms with Crippen LogP contribution in [0.2, 0.25) is 0 Å². The van der Waals surface area contributed by atoms with E-state index >= 15 is 0 Å². The molecule has 0 saturated carbocycles. The maximum Gasteiger partial charge on any atom is 0.407 e. The maximum atomic E-state index is 11.3. The predicted octanol–water partition coefficient (Wildman–Crippen LogP) is 0.0552. The SMILES string of the molecule is CC(C)(C)OC(=O)NCCn1cc(S(N)(=O)=O)cn1. The summed E-state index contributed by atoms with van der Waals surface area (Å²) in [6.07, 6.45) is 1.92. The Morgan fingerprint density at radius 1 is 1.53 bits per heavy atom. The first-order chi connectivity index (χ1) is 8.58. The fourth-order valence-electron chi connectivity index (χ4n) is 1.20. The second kappa shape index (κ2) is 5.57. The molecule has 0 aliphatic carbocycles. The van der Waals surface area contributed by atoms with E-state index < -0.39 is 21.7 Å². The van der Waals surface area contributed by atoms with E-state index in [4.69, 9.17) is 9.88 Å². The lowest BCUT2D eigenvalue weighted by molar-refractivity contribution is 0.0525. The van der Waals surface area contributed by atoms with Crippen molar-refractivity contribution in [2.24, 2.45) is 5.14 Å². The van der Waals surface area contributed by atoms with Crippen LogP contribution in [0.3, 0.4) is 0 Å². The fourth-order valence-corrected chi connectivity index (χ4v) is 1.66. The van der Waals surface area contributed by atoms with Gasteiger partial charge in [0, 0.05) is 12.7 Å². The van der Waals surface area contributed by atoms with Crippen LogP contribution in [0.5, 0.6) is 0 Å². The summed E-state index contributed by atoms with van der Waals surface area (Å²) in [6.45, 7) is 5.87. The first kappa shape index (κ1) is 15.4. The Kier molecular flexibility index (Phi) is 4.53. The minimum atomic E-state index is -3.74. The molecule has 0 spiro atoms. The third-order valence-electron chi connectivity index (χ3n) is 1.95. The highest BCUT2D eigenvalue weighted by Gasteiger charge is 2.15.